The zero-order valence-corrected chi connectivity index (χ0v) is 11.7. The Morgan fingerprint density at radius 2 is 2.25 bits per heavy atom. The van der Waals surface area contributed by atoms with E-state index in [1.807, 2.05) is 16.9 Å². The zero-order valence-electron chi connectivity index (χ0n) is 11.7. The van der Waals surface area contributed by atoms with Crippen molar-refractivity contribution in [1.82, 2.24) is 25.0 Å². The van der Waals surface area contributed by atoms with Crippen LogP contribution in [0.5, 0.6) is 0 Å². The van der Waals surface area contributed by atoms with Gasteiger partial charge in [-0.1, -0.05) is 0 Å². The number of nitrogens with zero attached hydrogens (tertiary/aromatic N) is 5. The van der Waals surface area contributed by atoms with Gasteiger partial charge in [0.15, 0.2) is 0 Å². The molecule has 0 amide bonds. The maximum atomic E-state index is 5.97. The van der Waals surface area contributed by atoms with Gasteiger partial charge in [0.1, 0.15) is 12.4 Å². The first-order valence-corrected chi connectivity index (χ1v) is 7.11. The van der Waals surface area contributed by atoms with Gasteiger partial charge in [0, 0.05) is 31.5 Å². The van der Waals surface area contributed by atoms with Crippen LogP contribution in [0.2, 0.25) is 0 Å². The highest BCUT2D eigenvalue weighted by molar-refractivity contribution is 5.29. The summed E-state index contributed by atoms with van der Waals surface area (Å²) in [6.45, 7) is 4.67. The number of piperidine rings is 1. The third-order valence-electron chi connectivity index (χ3n) is 3.96. The van der Waals surface area contributed by atoms with E-state index in [0.29, 0.717) is 12.5 Å². The van der Waals surface area contributed by atoms with Gasteiger partial charge in [-0.15, -0.1) is 5.10 Å². The van der Waals surface area contributed by atoms with Crippen molar-refractivity contribution in [3.05, 3.63) is 24.3 Å². The minimum absolute atomic E-state index is 0.277. The molecule has 108 valence electrons. The van der Waals surface area contributed by atoms with E-state index in [2.05, 4.69) is 32.1 Å². The molecule has 7 heteroatoms. The van der Waals surface area contributed by atoms with Crippen molar-refractivity contribution in [3.8, 4) is 0 Å². The van der Waals surface area contributed by atoms with Gasteiger partial charge in [-0.25, -0.2) is 0 Å². The molecule has 0 aromatic carbocycles. The lowest BCUT2D eigenvalue weighted by Gasteiger charge is -2.32. The molecule has 3 rings (SSSR count). The van der Waals surface area contributed by atoms with Crippen LogP contribution in [-0.4, -0.2) is 44.1 Å². The van der Waals surface area contributed by atoms with Crippen molar-refractivity contribution in [1.29, 1.82) is 0 Å². The Kier molecular flexibility index (Phi) is 3.68. The van der Waals surface area contributed by atoms with Crippen molar-refractivity contribution in [3.63, 3.8) is 0 Å². The number of nitrogens with two attached hydrogens (primary N) is 1. The number of anilines is 1. The molecule has 1 saturated heterocycles. The van der Waals surface area contributed by atoms with Crippen LogP contribution in [0.25, 0.3) is 0 Å². The average molecular weight is 275 g/mol. The summed E-state index contributed by atoms with van der Waals surface area (Å²) in [6, 6.07) is 2.18. The quantitative estimate of drug-likeness (QED) is 0.853. The molecule has 1 unspecified atom stereocenters. The molecule has 7 nitrogen and oxygen atoms in total. The van der Waals surface area contributed by atoms with Crippen LogP contribution in [0, 0.1) is 5.92 Å². The third-order valence-corrected chi connectivity index (χ3v) is 3.96. The Labute approximate surface area is 118 Å². The second-order valence-corrected chi connectivity index (χ2v) is 5.47. The number of hydrogen-bond acceptors (Lipinski definition) is 5. The molecule has 1 aliphatic rings. The first-order chi connectivity index (χ1) is 9.72. The van der Waals surface area contributed by atoms with Gasteiger partial charge in [-0.3, -0.25) is 9.78 Å². The summed E-state index contributed by atoms with van der Waals surface area (Å²) in [5.41, 5.74) is 5.97. The Morgan fingerprint density at radius 1 is 1.45 bits per heavy atom. The standard InChI is InChI=1S/C13H21N7/c1-10(14)11-3-7-19(8-4-11)13-16-12(17-18-13)9-20-6-2-5-15-20/h2,5-6,10-11H,3-4,7-9,14H2,1H3,(H,16,17,18). The van der Waals surface area contributed by atoms with E-state index < -0.39 is 0 Å². The van der Waals surface area contributed by atoms with Crippen LogP contribution in [-0.2, 0) is 6.54 Å². The van der Waals surface area contributed by atoms with Crippen molar-refractivity contribution in [2.24, 2.45) is 11.7 Å². The topological polar surface area (TPSA) is 88.6 Å². The fourth-order valence-corrected chi connectivity index (χ4v) is 2.67. The molecule has 0 saturated carbocycles. The molecule has 0 radical (unpaired) electrons. The minimum atomic E-state index is 0.277. The molecule has 1 aliphatic heterocycles. The first-order valence-electron chi connectivity index (χ1n) is 7.11. The van der Waals surface area contributed by atoms with Crippen LogP contribution in [0.3, 0.4) is 0 Å². The Morgan fingerprint density at radius 3 is 2.90 bits per heavy atom. The number of hydrogen-bond donors (Lipinski definition) is 2. The van der Waals surface area contributed by atoms with Crippen molar-refractivity contribution in [2.45, 2.75) is 32.4 Å². The number of nitrogens with one attached hydrogen (secondary N) is 1. The summed E-state index contributed by atoms with van der Waals surface area (Å²) in [4.78, 5) is 6.77. The molecule has 1 fully saturated rings. The fraction of sp³-hybridized carbons (Fsp3) is 0.615. The third kappa shape index (κ3) is 2.82. The highest BCUT2D eigenvalue weighted by Gasteiger charge is 2.23. The fourth-order valence-electron chi connectivity index (χ4n) is 2.67. The highest BCUT2D eigenvalue weighted by atomic mass is 15.4. The van der Waals surface area contributed by atoms with E-state index in [1.54, 1.807) is 6.20 Å². The van der Waals surface area contributed by atoms with Crippen LogP contribution < -0.4 is 10.6 Å². The van der Waals surface area contributed by atoms with E-state index in [4.69, 9.17) is 5.73 Å². The van der Waals surface area contributed by atoms with Crippen molar-refractivity contribution in [2.75, 3.05) is 18.0 Å². The van der Waals surface area contributed by atoms with Crippen LogP contribution in [0.15, 0.2) is 18.5 Å². The smallest absolute Gasteiger partial charge is 0.244 e. The lowest BCUT2D eigenvalue weighted by atomic mass is 9.91. The zero-order chi connectivity index (χ0) is 13.9. The van der Waals surface area contributed by atoms with E-state index in [9.17, 15) is 0 Å². The van der Waals surface area contributed by atoms with Gasteiger partial charge >= 0.3 is 0 Å². The predicted octanol–water partition coefficient (Wildman–Crippen LogP) is 0.613. The second kappa shape index (κ2) is 5.62. The lowest BCUT2D eigenvalue weighted by Crippen LogP contribution is -2.40. The first kappa shape index (κ1) is 13.1. The van der Waals surface area contributed by atoms with Gasteiger partial charge in [-0.05, 0) is 31.7 Å². The van der Waals surface area contributed by atoms with Crippen molar-refractivity contribution >= 4 is 5.95 Å². The van der Waals surface area contributed by atoms with E-state index in [0.717, 1.165) is 37.7 Å². The molecule has 1 atom stereocenters. The molecule has 0 spiro atoms. The highest BCUT2D eigenvalue weighted by Crippen LogP contribution is 2.22. The largest absolute Gasteiger partial charge is 0.340 e. The number of aromatic amines is 1. The van der Waals surface area contributed by atoms with Gasteiger partial charge in [0.25, 0.3) is 0 Å². The number of aromatic nitrogens is 5. The predicted molar refractivity (Wildman–Crippen MR) is 76.3 cm³/mol. The Hall–Kier alpha value is -1.89. The normalized spacial score (nSPS) is 18.4. The summed E-state index contributed by atoms with van der Waals surface area (Å²) < 4.78 is 1.83. The molecule has 0 bridgehead atoms. The summed E-state index contributed by atoms with van der Waals surface area (Å²) in [5, 5.41) is 11.5. The van der Waals surface area contributed by atoms with Crippen LogP contribution in [0.1, 0.15) is 25.6 Å². The maximum absolute atomic E-state index is 5.97. The summed E-state index contributed by atoms with van der Waals surface area (Å²) in [6.07, 6.45) is 5.90. The Balaban J connectivity index is 1.60. The summed E-state index contributed by atoms with van der Waals surface area (Å²) >= 11 is 0. The maximum Gasteiger partial charge on any atom is 0.244 e. The van der Waals surface area contributed by atoms with Crippen LogP contribution in [0.4, 0.5) is 5.95 Å². The van der Waals surface area contributed by atoms with Gasteiger partial charge in [0.2, 0.25) is 5.95 Å². The second-order valence-electron chi connectivity index (χ2n) is 5.47. The molecule has 2 aromatic heterocycles. The van der Waals surface area contributed by atoms with E-state index >= 15 is 0 Å². The minimum Gasteiger partial charge on any atom is -0.340 e. The van der Waals surface area contributed by atoms with Gasteiger partial charge in [0.05, 0.1) is 0 Å². The average Bonchev–Trinajstić information content (AvgIpc) is 3.11. The molecule has 3 heterocycles. The molecular formula is C13H21N7. The monoisotopic (exact) mass is 275 g/mol. The molecule has 2 aromatic rings. The van der Waals surface area contributed by atoms with E-state index in [-0.39, 0.29) is 6.04 Å². The van der Waals surface area contributed by atoms with Crippen LogP contribution >= 0.6 is 0 Å². The van der Waals surface area contributed by atoms with Gasteiger partial charge < -0.3 is 10.6 Å². The number of rotatable bonds is 4. The molecule has 20 heavy (non-hydrogen) atoms. The molecular weight excluding hydrogens is 254 g/mol. The van der Waals surface area contributed by atoms with Crippen molar-refractivity contribution < 1.29 is 0 Å². The SMILES string of the molecule is CC(N)C1CCN(c2n[nH]c(Cn3cccn3)n2)CC1. The number of H-pyrrole nitrogens is 1. The summed E-state index contributed by atoms with van der Waals surface area (Å²) in [7, 11) is 0. The Bertz CT molecular complexity index is 523. The molecule has 0 aliphatic carbocycles. The van der Waals surface area contributed by atoms with Gasteiger partial charge in [-0.2, -0.15) is 10.1 Å². The molecule has 3 N–H and O–H groups in total. The lowest BCUT2D eigenvalue weighted by molar-refractivity contribution is 0.352. The van der Waals surface area contributed by atoms with E-state index in [1.165, 1.54) is 0 Å². The summed E-state index contributed by atoms with van der Waals surface area (Å²) in [5.74, 6) is 2.24.